The maximum absolute atomic E-state index is 12.4. The van der Waals surface area contributed by atoms with Gasteiger partial charge >= 0.3 is 12.1 Å². The van der Waals surface area contributed by atoms with E-state index in [1.807, 2.05) is 0 Å². The van der Waals surface area contributed by atoms with E-state index in [4.69, 9.17) is 16.3 Å². The van der Waals surface area contributed by atoms with Gasteiger partial charge in [0.1, 0.15) is 5.60 Å². The minimum atomic E-state index is -1.08. The molecule has 0 aliphatic rings. The topological polar surface area (TPSA) is 66.8 Å². The van der Waals surface area contributed by atoms with Gasteiger partial charge in [0.05, 0.1) is 5.41 Å². The number of ether oxygens (including phenoxy) is 1. The summed E-state index contributed by atoms with van der Waals surface area (Å²) in [6.45, 7) is 8.76. The zero-order chi connectivity index (χ0) is 17.8. The molecule has 0 aromatic heterocycles. The van der Waals surface area contributed by atoms with Crippen LogP contribution in [0.5, 0.6) is 0 Å². The molecule has 128 valence electrons. The van der Waals surface area contributed by atoms with Crippen LogP contribution < -0.4 is 0 Å². The van der Waals surface area contributed by atoms with E-state index in [-0.39, 0.29) is 13.1 Å². The fourth-order valence-corrected chi connectivity index (χ4v) is 1.99. The van der Waals surface area contributed by atoms with Gasteiger partial charge in [0.2, 0.25) is 0 Å². The predicted octanol–water partition coefficient (Wildman–Crippen LogP) is 4.19. The largest absolute Gasteiger partial charge is 0.481 e. The number of rotatable bonds is 5. The number of carboxylic acids is 1. The first-order valence-electron chi connectivity index (χ1n) is 7.36. The number of carbonyl (C=O) groups excluding carboxylic acids is 1. The molecule has 0 heterocycles. The molecular weight excluding hydrogens is 318 g/mol. The Morgan fingerprint density at radius 3 is 2.09 bits per heavy atom. The maximum Gasteiger partial charge on any atom is 0.410 e. The van der Waals surface area contributed by atoms with Gasteiger partial charge in [0, 0.05) is 18.1 Å². The Morgan fingerprint density at radius 2 is 1.65 bits per heavy atom. The first-order chi connectivity index (χ1) is 10.4. The van der Waals surface area contributed by atoms with Gasteiger partial charge in [0.15, 0.2) is 0 Å². The van der Waals surface area contributed by atoms with E-state index in [0.717, 1.165) is 5.56 Å². The van der Waals surface area contributed by atoms with Crippen molar-refractivity contribution in [2.24, 2.45) is 5.41 Å². The van der Waals surface area contributed by atoms with Crippen molar-refractivity contribution in [2.45, 2.75) is 46.8 Å². The van der Waals surface area contributed by atoms with Crippen LogP contribution in [0.3, 0.4) is 0 Å². The third-order valence-electron chi connectivity index (χ3n) is 3.10. The zero-order valence-corrected chi connectivity index (χ0v) is 15.0. The van der Waals surface area contributed by atoms with E-state index in [1.54, 1.807) is 58.9 Å². The van der Waals surface area contributed by atoms with Crippen molar-refractivity contribution >= 4 is 23.7 Å². The van der Waals surface area contributed by atoms with Crippen molar-refractivity contribution in [1.29, 1.82) is 0 Å². The lowest BCUT2D eigenvalue weighted by Crippen LogP contribution is -2.44. The molecule has 0 atom stereocenters. The summed E-state index contributed by atoms with van der Waals surface area (Å²) in [5, 5.41) is 9.91. The van der Waals surface area contributed by atoms with Crippen LogP contribution >= 0.6 is 11.6 Å². The fourth-order valence-electron chi connectivity index (χ4n) is 1.87. The Labute approximate surface area is 142 Å². The van der Waals surface area contributed by atoms with E-state index < -0.39 is 23.1 Å². The number of halogens is 1. The smallest absolute Gasteiger partial charge is 0.410 e. The molecule has 1 aromatic rings. The summed E-state index contributed by atoms with van der Waals surface area (Å²) in [6.07, 6.45) is -0.540. The molecule has 0 saturated heterocycles. The summed E-state index contributed by atoms with van der Waals surface area (Å²) >= 11 is 5.86. The molecule has 0 aliphatic heterocycles. The van der Waals surface area contributed by atoms with E-state index in [1.165, 1.54) is 4.90 Å². The quantitative estimate of drug-likeness (QED) is 0.872. The highest BCUT2D eigenvalue weighted by atomic mass is 35.5. The number of hydrogen-bond acceptors (Lipinski definition) is 3. The zero-order valence-electron chi connectivity index (χ0n) is 14.2. The first-order valence-corrected chi connectivity index (χ1v) is 7.74. The molecule has 0 fully saturated rings. The van der Waals surface area contributed by atoms with Gasteiger partial charge in [-0.05, 0) is 52.3 Å². The molecule has 0 radical (unpaired) electrons. The second kappa shape index (κ2) is 7.21. The number of carboxylic acid groups (broad SMARTS) is 1. The third kappa shape index (κ3) is 6.48. The minimum Gasteiger partial charge on any atom is -0.481 e. The summed E-state index contributed by atoms with van der Waals surface area (Å²) < 4.78 is 5.39. The van der Waals surface area contributed by atoms with E-state index >= 15 is 0 Å². The van der Waals surface area contributed by atoms with Crippen LogP contribution in [0.4, 0.5) is 4.79 Å². The number of amides is 1. The number of benzene rings is 1. The Balaban J connectivity index is 2.98. The van der Waals surface area contributed by atoms with Gasteiger partial charge in [-0.2, -0.15) is 0 Å². The monoisotopic (exact) mass is 341 g/mol. The maximum atomic E-state index is 12.4. The Bertz CT molecular complexity index is 561. The molecule has 0 aliphatic carbocycles. The lowest BCUT2D eigenvalue weighted by Gasteiger charge is -2.32. The Morgan fingerprint density at radius 1 is 1.13 bits per heavy atom. The summed E-state index contributed by atoms with van der Waals surface area (Å²) in [7, 11) is 0. The average molecular weight is 342 g/mol. The highest BCUT2D eigenvalue weighted by molar-refractivity contribution is 6.30. The van der Waals surface area contributed by atoms with E-state index in [0.29, 0.717) is 5.02 Å². The van der Waals surface area contributed by atoms with Gasteiger partial charge in [-0.1, -0.05) is 23.7 Å². The van der Waals surface area contributed by atoms with Crippen LogP contribution in [0, 0.1) is 5.41 Å². The highest BCUT2D eigenvalue weighted by Gasteiger charge is 2.33. The van der Waals surface area contributed by atoms with Gasteiger partial charge in [0.25, 0.3) is 0 Å². The average Bonchev–Trinajstić information content (AvgIpc) is 2.38. The molecule has 1 N–H and O–H groups in total. The standard InChI is InChI=1S/C17H24ClNO4/c1-16(2,3)23-15(22)19(11-17(4,5)14(20)21)10-12-6-8-13(18)9-7-12/h6-9H,10-11H2,1-5H3,(H,20,21). The summed E-state index contributed by atoms with van der Waals surface area (Å²) in [5.41, 5.74) is -0.882. The summed E-state index contributed by atoms with van der Waals surface area (Å²) in [4.78, 5) is 25.2. The molecule has 0 spiro atoms. The van der Waals surface area contributed by atoms with Gasteiger partial charge in [-0.15, -0.1) is 0 Å². The summed E-state index contributed by atoms with van der Waals surface area (Å²) in [5.74, 6) is -0.970. The normalized spacial score (nSPS) is 11.9. The van der Waals surface area contributed by atoms with Crippen molar-refractivity contribution in [3.05, 3.63) is 34.9 Å². The molecule has 23 heavy (non-hydrogen) atoms. The van der Waals surface area contributed by atoms with Crippen molar-refractivity contribution in [1.82, 2.24) is 4.90 Å². The first kappa shape index (κ1) is 19.3. The van der Waals surface area contributed by atoms with Crippen LogP contribution in [0.1, 0.15) is 40.2 Å². The van der Waals surface area contributed by atoms with Crippen LogP contribution in [-0.2, 0) is 16.1 Å². The molecule has 1 aromatic carbocycles. The van der Waals surface area contributed by atoms with Gasteiger partial charge < -0.3 is 14.7 Å². The molecule has 1 rings (SSSR count). The van der Waals surface area contributed by atoms with Gasteiger partial charge in [-0.3, -0.25) is 4.79 Å². The molecular formula is C17H24ClNO4. The third-order valence-corrected chi connectivity index (χ3v) is 3.36. The van der Waals surface area contributed by atoms with Crippen molar-refractivity contribution in [3.8, 4) is 0 Å². The van der Waals surface area contributed by atoms with Crippen LogP contribution in [-0.4, -0.2) is 34.2 Å². The molecule has 0 unspecified atom stereocenters. The minimum absolute atomic E-state index is 0.0415. The molecule has 1 amide bonds. The SMILES string of the molecule is CC(C)(C)OC(=O)N(Cc1ccc(Cl)cc1)CC(C)(C)C(=O)O. The number of aliphatic carboxylic acids is 1. The number of nitrogens with zero attached hydrogens (tertiary/aromatic N) is 1. The van der Waals surface area contributed by atoms with Crippen LogP contribution in [0.2, 0.25) is 5.02 Å². The Kier molecular flexibility index (Phi) is 6.05. The molecule has 6 heteroatoms. The lowest BCUT2D eigenvalue weighted by atomic mass is 9.93. The number of hydrogen-bond donors (Lipinski definition) is 1. The molecule has 0 saturated carbocycles. The van der Waals surface area contributed by atoms with Crippen molar-refractivity contribution < 1.29 is 19.4 Å². The lowest BCUT2D eigenvalue weighted by molar-refractivity contribution is -0.147. The van der Waals surface area contributed by atoms with E-state index in [9.17, 15) is 14.7 Å². The van der Waals surface area contributed by atoms with Crippen molar-refractivity contribution in [3.63, 3.8) is 0 Å². The van der Waals surface area contributed by atoms with E-state index in [2.05, 4.69) is 0 Å². The summed E-state index contributed by atoms with van der Waals surface area (Å²) in [6, 6.07) is 7.06. The highest BCUT2D eigenvalue weighted by Crippen LogP contribution is 2.22. The van der Waals surface area contributed by atoms with Crippen molar-refractivity contribution in [2.75, 3.05) is 6.54 Å². The molecule has 5 nitrogen and oxygen atoms in total. The van der Waals surface area contributed by atoms with Gasteiger partial charge in [-0.25, -0.2) is 4.79 Å². The second-order valence-electron chi connectivity index (χ2n) is 7.15. The predicted molar refractivity (Wildman–Crippen MR) is 89.5 cm³/mol. The second-order valence-corrected chi connectivity index (χ2v) is 7.59. The van der Waals surface area contributed by atoms with Crippen LogP contribution in [0.25, 0.3) is 0 Å². The fraction of sp³-hybridized carbons (Fsp3) is 0.529. The van der Waals surface area contributed by atoms with Crippen LogP contribution in [0.15, 0.2) is 24.3 Å². The molecule has 0 bridgehead atoms. The number of carbonyl (C=O) groups is 2. The Hall–Kier alpha value is -1.75.